The summed E-state index contributed by atoms with van der Waals surface area (Å²) in [4.78, 5) is 52.8. The van der Waals surface area contributed by atoms with Crippen LogP contribution in [0.4, 0.5) is 0 Å². The maximum Gasteiger partial charge on any atom is 0.327 e. The standard InChI is InChI=1S/C33H38N4O7/c38-28(6-1-3-22-17-25-9-7-23-4-2-5-24-8-10-26(18-22)32(25)31(23)24)34-27(33(43)44)19-35-11-13-36(20-29(39)40)15-16-37(14-12-35)21-30(41)42/h2,4-5,7-10,17-18,27H,1,3,6,11-16,19-21H2,(H,34,38)(H,39,40)(H,41,42)(H,43,44). The predicted octanol–water partition coefficient (Wildman–Crippen LogP) is 2.56. The van der Waals surface area contributed by atoms with Gasteiger partial charge < -0.3 is 20.6 Å². The van der Waals surface area contributed by atoms with Gasteiger partial charge in [-0.2, -0.15) is 0 Å². The van der Waals surface area contributed by atoms with Crippen LogP contribution >= 0.6 is 0 Å². The molecule has 44 heavy (non-hydrogen) atoms. The molecular formula is C33H38N4O7. The zero-order chi connectivity index (χ0) is 31.2. The predicted molar refractivity (Wildman–Crippen MR) is 167 cm³/mol. The van der Waals surface area contributed by atoms with Gasteiger partial charge in [-0.25, -0.2) is 4.79 Å². The van der Waals surface area contributed by atoms with Crippen molar-refractivity contribution < 1.29 is 34.5 Å². The second-order valence-electron chi connectivity index (χ2n) is 11.6. The van der Waals surface area contributed by atoms with Crippen LogP contribution in [-0.2, 0) is 25.6 Å². The lowest BCUT2D eigenvalue weighted by Gasteiger charge is -2.28. The first-order chi connectivity index (χ1) is 21.2. The van der Waals surface area contributed by atoms with Crippen molar-refractivity contribution in [2.24, 2.45) is 0 Å². The number of aliphatic carboxylic acids is 3. The van der Waals surface area contributed by atoms with Crippen LogP contribution in [0.15, 0.2) is 54.6 Å². The van der Waals surface area contributed by atoms with Crippen molar-refractivity contribution in [3.8, 4) is 0 Å². The van der Waals surface area contributed by atoms with Crippen molar-refractivity contribution in [1.82, 2.24) is 20.0 Å². The fraction of sp³-hybridized carbons (Fsp3) is 0.394. The van der Waals surface area contributed by atoms with Crippen molar-refractivity contribution in [2.75, 3.05) is 58.9 Å². The van der Waals surface area contributed by atoms with E-state index in [4.69, 9.17) is 0 Å². The molecule has 1 fully saturated rings. The topological polar surface area (TPSA) is 151 Å². The van der Waals surface area contributed by atoms with E-state index in [1.165, 1.54) is 21.5 Å². The van der Waals surface area contributed by atoms with Gasteiger partial charge in [-0.05, 0) is 50.7 Å². The first kappa shape index (κ1) is 31.1. The fourth-order valence-electron chi connectivity index (χ4n) is 6.19. The molecule has 4 aromatic rings. The molecule has 1 unspecified atom stereocenters. The summed E-state index contributed by atoms with van der Waals surface area (Å²) in [5, 5.41) is 38.3. The summed E-state index contributed by atoms with van der Waals surface area (Å²) in [6.07, 6.45) is 1.41. The summed E-state index contributed by atoms with van der Waals surface area (Å²) in [6, 6.07) is 18.0. The Balaban J connectivity index is 1.18. The van der Waals surface area contributed by atoms with Crippen molar-refractivity contribution in [3.05, 3.63) is 60.2 Å². The van der Waals surface area contributed by atoms with Gasteiger partial charge in [-0.3, -0.25) is 29.1 Å². The zero-order valence-corrected chi connectivity index (χ0v) is 24.6. The number of hydrogen-bond acceptors (Lipinski definition) is 7. The lowest BCUT2D eigenvalue weighted by Crippen LogP contribution is -2.50. The van der Waals surface area contributed by atoms with Gasteiger partial charge in [-0.1, -0.05) is 54.6 Å². The van der Waals surface area contributed by atoms with Crippen LogP contribution in [0.3, 0.4) is 0 Å². The van der Waals surface area contributed by atoms with Crippen LogP contribution in [0.5, 0.6) is 0 Å². The van der Waals surface area contributed by atoms with Crippen LogP contribution in [-0.4, -0.2) is 119 Å². The SMILES string of the molecule is O=C(O)CN1CCN(CC(=O)O)CCN(CC(NC(=O)CCCc2cc3ccc4cccc5ccc(c2)c3c45)C(=O)O)CC1. The van der Waals surface area contributed by atoms with E-state index < -0.39 is 23.9 Å². The van der Waals surface area contributed by atoms with E-state index in [-0.39, 0.29) is 32.0 Å². The van der Waals surface area contributed by atoms with Gasteiger partial charge >= 0.3 is 17.9 Å². The number of carboxylic acid groups (broad SMARTS) is 3. The Morgan fingerprint density at radius 2 is 1.16 bits per heavy atom. The minimum Gasteiger partial charge on any atom is -0.480 e. The Kier molecular flexibility index (Phi) is 9.89. The van der Waals surface area contributed by atoms with E-state index in [1.807, 2.05) is 4.90 Å². The number of nitrogens with zero attached hydrogens (tertiary/aromatic N) is 3. The monoisotopic (exact) mass is 602 g/mol. The molecule has 5 rings (SSSR count). The van der Waals surface area contributed by atoms with Crippen molar-refractivity contribution in [2.45, 2.75) is 25.3 Å². The maximum absolute atomic E-state index is 12.9. The molecule has 0 aliphatic carbocycles. The van der Waals surface area contributed by atoms with Gasteiger partial charge in [0.15, 0.2) is 0 Å². The zero-order valence-electron chi connectivity index (χ0n) is 24.6. The molecule has 1 amide bonds. The van der Waals surface area contributed by atoms with Crippen LogP contribution in [0.1, 0.15) is 18.4 Å². The number of hydrogen-bond donors (Lipinski definition) is 4. The summed E-state index contributed by atoms with van der Waals surface area (Å²) in [5.74, 6) is -3.48. The summed E-state index contributed by atoms with van der Waals surface area (Å²) >= 11 is 0. The van der Waals surface area contributed by atoms with Crippen molar-refractivity contribution in [3.63, 3.8) is 0 Å². The number of aryl methyl sites for hydroxylation is 1. The molecule has 1 atom stereocenters. The second-order valence-corrected chi connectivity index (χ2v) is 11.6. The molecule has 0 aromatic heterocycles. The minimum absolute atomic E-state index is 0.0270. The van der Waals surface area contributed by atoms with Gasteiger partial charge in [0.05, 0.1) is 13.1 Å². The molecule has 4 N–H and O–H groups in total. The fourth-order valence-corrected chi connectivity index (χ4v) is 6.19. The highest BCUT2D eigenvalue weighted by molar-refractivity contribution is 6.23. The highest BCUT2D eigenvalue weighted by atomic mass is 16.4. The highest BCUT2D eigenvalue weighted by Crippen LogP contribution is 2.35. The molecule has 0 saturated carbocycles. The van der Waals surface area contributed by atoms with E-state index in [2.05, 4.69) is 59.9 Å². The van der Waals surface area contributed by atoms with Gasteiger partial charge in [0.25, 0.3) is 0 Å². The summed E-state index contributed by atoms with van der Waals surface area (Å²) in [5.41, 5.74) is 1.12. The molecule has 1 heterocycles. The average Bonchev–Trinajstić information content (AvgIpc) is 3.06. The van der Waals surface area contributed by atoms with Gasteiger partial charge in [0, 0.05) is 52.2 Å². The van der Waals surface area contributed by atoms with E-state index in [0.717, 1.165) is 16.3 Å². The van der Waals surface area contributed by atoms with Gasteiger partial charge in [-0.15, -0.1) is 0 Å². The number of carbonyl (C=O) groups is 4. The van der Waals surface area contributed by atoms with Crippen LogP contribution in [0, 0.1) is 0 Å². The number of rotatable bonds is 12. The molecule has 1 aliphatic rings. The summed E-state index contributed by atoms with van der Waals surface area (Å²) < 4.78 is 0. The maximum atomic E-state index is 12.9. The molecular weight excluding hydrogens is 564 g/mol. The second kappa shape index (κ2) is 14.0. The molecule has 1 aliphatic heterocycles. The van der Waals surface area contributed by atoms with Crippen molar-refractivity contribution in [1.29, 1.82) is 0 Å². The number of benzene rings is 4. The molecule has 1 saturated heterocycles. The molecule has 0 radical (unpaired) electrons. The Hall–Kier alpha value is -4.32. The van der Waals surface area contributed by atoms with Crippen LogP contribution in [0.2, 0.25) is 0 Å². The molecule has 11 heteroatoms. The molecule has 232 valence electrons. The molecule has 0 bridgehead atoms. The Labute approximate surface area is 255 Å². The van der Waals surface area contributed by atoms with Gasteiger partial charge in [0.1, 0.15) is 6.04 Å². The van der Waals surface area contributed by atoms with Crippen LogP contribution in [0.25, 0.3) is 32.3 Å². The van der Waals surface area contributed by atoms with Gasteiger partial charge in [0.2, 0.25) is 5.91 Å². The number of carboxylic acids is 3. The molecule has 11 nitrogen and oxygen atoms in total. The normalized spacial score (nSPS) is 16.5. The van der Waals surface area contributed by atoms with Crippen molar-refractivity contribution >= 4 is 56.1 Å². The first-order valence-electron chi connectivity index (χ1n) is 15.0. The van der Waals surface area contributed by atoms with E-state index >= 15 is 0 Å². The van der Waals surface area contributed by atoms with E-state index in [0.29, 0.717) is 52.1 Å². The third kappa shape index (κ3) is 7.79. The van der Waals surface area contributed by atoms with E-state index in [1.54, 1.807) is 9.80 Å². The number of nitrogens with one attached hydrogen (secondary N) is 1. The highest BCUT2D eigenvalue weighted by Gasteiger charge is 2.25. The Morgan fingerprint density at radius 3 is 1.66 bits per heavy atom. The first-order valence-corrected chi connectivity index (χ1v) is 15.0. The lowest BCUT2D eigenvalue weighted by atomic mass is 9.92. The summed E-state index contributed by atoms with van der Waals surface area (Å²) in [6.45, 7) is 1.96. The Morgan fingerprint density at radius 1 is 0.682 bits per heavy atom. The quantitative estimate of drug-likeness (QED) is 0.178. The number of amides is 1. The molecule has 0 spiro atoms. The minimum atomic E-state index is -1.16. The van der Waals surface area contributed by atoms with E-state index in [9.17, 15) is 34.5 Å². The largest absolute Gasteiger partial charge is 0.480 e. The van der Waals surface area contributed by atoms with Crippen LogP contribution < -0.4 is 5.32 Å². The smallest absolute Gasteiger partial charge is 0.327 e. The average molecular weight is 603 g/mol. The third-order valence-electron chi connectivity index (χ3n) is 8.38. The third-order valence-corrected chi connectivity index (χ3v) is 8.38. The molecule has 4 aromatic carbocycles. The summed E-state index contributed by atoms with van der Waals surface area (Å²) in [7, 11) is 0. The lowest BCUT2D eigenvalue weighted by molar-refractivity contribution is -0.142. The number of carbonyl (C=O) groups excluding carboxylic acids is 1. The Bertz CT molecular complexity index is 1570.